The molecule has 3 nitrogen and oxygen atoms in total. The van der Waals surface area contributed by atoms with Gasteiger partial charge in [0.05, 0.1) is 12.5 Å². The second-order valence-corrected chi connectivity index (χ2v) is 2.92. The van der Waals surface area contributed by atoms with E-state index in [4.69, 9.17) is 4.74 Å². The molecule has 1 fully saturated rings. The average molecular weight is 143 g/mol. The molecular formula is C7H13NO2. The Morgan fingerprint density at radius 2 is 2.40 bits per heavy atom. The standard InChI is InChI=1S/C7H13NO2/c1-8(2)5-6-3-4-10-7(6)9/h6H,3-5H2,1-2H3/t6-/m0/s1. The maximum absolute atomic E-state index is 10.9. The van der Waals surface area contributed by atoms with Gasteiger partial charge in [-0.1, -0.05) is 0 Å². The van der Waals surface area contributed by atoms with Crippen molar-refractivity contribution in [2.45, 2.75) is 6.42 Å². The lowest BCUT2D eigenvalue weighted by Crippen LogP contribution is -2.24. The van der Waals surface area contributed by atoms with Crippen LogP contribution in [-0.4, -0.2) is 38.1 Å². The van der Waals surface area contributed by atoms with Crippen LogP contribution in [0.4, 0.5) is 0 Å². The van der Waals surface area contributed by atoms with Crippen LogP contribution >= 0.6 is 0 Å². The van der Waals surface area contributed by atoms with Crippen LogP contribution in [0.15, 0.2) is 0 Å². The summed E-state index contributed by atoms with van der Waals surface area (Å²) in [5, 5.41) is 0. The van der Waals surface area contributed by atoms with E-state index in [2.05, 4.69) is 0 Å². The Bertz CT molecular complexity index is 134. The van der Waals surface area contributed by atoms with Gasteiger partial charge in [-0.2, -0.15) is 0 Å². The highest BCUT2D eigenvalue weighted by Crippen LogP contribution is 2.14. The predicted molar refractivity (Wildman–Crippen MR) is 37.6 cm³/mol. The fraction of sp³-hybridized carbons (Fsp3) is 0.857. The summed E-state index contributed by atoms with van der Waals surface area (Å²) in [5.74, 6) is 0.0868. The number of cyclic esters (lactones) is 1. The Morgan fingerprint density at radius 1 is 1.70 bits per heavy atom. The molecule has 0 aromatic rings. The van der Waals surface area contributed by atoms with Gasteiger partial charge in [-0.25, -0.2) is 0 Å². The fourth-order valence-corrected chi connectivity index (χ4v) is 1.14. The largest absolute Gasteiger partial charge is 0.465 e. The van der Waals surface area contributed by atoms with Crippen molar-refractivity contribution >= 4 is 5.97 Å². The van der Waals surface area contributed by atoms with Gasteiger partial charge in [0.25, 0.3) is 0 Å². The van der Waals surface area contributed by atoms with Crippen molar-refractivity contribution in [3.05, 3.63) is 0 Å². The van der Waals surface area contributed by atoms with Crippen molar-refractivity contribution in [2.75, 3.05) is 27.2 Å². The molecular weight excluding hydrogens is 130 g/mol. The number of rotatable bonds is 2. The first-order chi connectivity index (χ1) is 4.70. The molecule has 0 amide bonds. The molecule has 0 saturated carbocycles. The monoisotopic (exact) mass is 143 g/mol. The lowest BCUT2D eigenvalue weighted by molar-refractivity contribution is -0.141. The van der Waals surface area contributed by atoms with E-state index in [1.165, 1.54) is 0 Å². The first kappa shape index (κ1) is 7.54. The molecule has 1 atom stereocenters. The molecule has 0 unspecified atom stereocenters. The van der Waals surface area contributed by atoms with Crippen molar-refractivity contribution in [2.24, 2.45) is 5.92 Å². The molecule has 0 bridgehead atoms. The van der Waals surface area contributed by atoms with Crippen LogP contribution in [0, 0.1) is 5.92 Å². The van der Waals surface area contributed by atoms with Crippen LogP contribution in [0.25, 0.3) is 0 Å². The minimum absolute atomic E-state index is 0.0336. The lowest BCUT2D eigenvalue weighted by Gasteiger charge is -2.11. The zero-order chi connectivity index (χ0) is 7.56. The molecule has 1 rings (SSSR count). The highest BCUT2D eigenvalue weighted by molar-refractivity contribution is 5.74. The minimum atomic E-state index is -0.0336. The quantitative estimate of drug-likeness (QED) is 0.514. The molecule has 0 aromatic carbocycles. The lowest BCUT2D eigenvalue weighted by atomic mass is 10.1. The summed E-state index contributed by atoms with van der Waals surface area (Å²) in [6.45, 7) is 1.43. The summed E-state index contributed by atoms with van der Waals surface area (Å²) in [6.07, 6.45) is 0.886. The van der Waals surface area contributed by atoms with E-state index >= 15 is 0 Å². The zero-order valence-corrected chi connectivity index (χ0v) is 6.46. The molecule has 58 valence electrons. The number of carbonyl (C=O) groups excluding carboxylic acids is 1. The maximum atomic E-state index is 10.9. The van der Waals surface area contributed by atoms with E-state index in [0.29, 0.717) is 6.61 Å². The Hall–Kier alpha value is -0.570. The SMILES string of the molecule is CN(C)C[C@@H]1CCOC1=O. The summed E-state index contributed by atoms with van der Waals surface area (Å²) in [6, 6.07) is 0. The van der Waals surface area contributed by atoms with Crippen LogP contribution in [0.1, 0.15) is 6.42 Å². The van der Waals surface area contributed by atoms with Crippen molar-refractivity contribution in [1.82, 2.24) is 4.90 Å². The van der Waals surface area contributed by atoms with Crippen molar-refractivity contribution in [3.8, 4) is 0 Å². The minimum Gasteiger partial charge on any atom is -0.465 e. The van der Waals surface area contributed by atoms with E-state index < -0.39 is 0 Å². The number of ether oxygens (including phenoxy) is 1. The van der Waals surface area contributed by atoms with Gasteiger partial charge in [-0.3, -0.25) is 4.79 Å². The Kier molecular flexibility index (Phi) is 2.27. The summed E-state index contributed by atoms with van der Waals surface area (Å²) >= 11 is 0. The van der Waals surface area contributed by atoms with Crippen molar-refractivity contribution < 1.29 is 9.53 Å². The van der Waals surface area contributed by atoms with Crippen LogP contribution in [0.3, 0.4) is 0 Å². The van der Waals surface area contributed by atoms with Gasteiger partial charge in [0.1, 0.15) is 0 Å². The van der Waals surface area contributed by atoms with Crippen molar-refractivity contribution in [1.29, 1.82) is 0 Å². The molecule has 0 aliphatic carbocycles. The zero-order valence-electron chi connectivity index (χ0n) is 6.46. The molecule has 0 aromatic heterocycles. The van der Waals surface area contributed by atoms with E-state index in [9.17, 15) is 4.79 Å². The third kappa shape index (κ3) is 1.70. The summed E-state index contributed by atoms with van der Waals surface area (Å²) in [4.78, 5) is 12.9. The van der Waals surface area contributed by atoms with Crippen LogP contribution in [0.5, 0.6) is 0 Å². The number of esters is 1. The Balaban J connectivity index is 2.33. The number of nitrogens with zero attached hydrogens (tertiary/aromatic N) is 1. The Morgan fingerprint density at radius 3 is 2.80 bits per heavy atom. The number of carbonyl (C=O) groups is 1. The highest BCUT2D eigenvalue weighted by Gasteiger charge is 2.26. The summed E-state index contributed by atoms with van der Waals surface area (Å²) in [5.41, 5.74) is 0. The molecule has 10 heavy (non-hydrogen) atoms. The smallest absolute Gasteiger partial charge is 0.310 e. The second-order valence-electron chi connectivity index (χ2n) is 2.92. The van der Waals surface area contributed by atoms with E-state index in [1.807, 2.05) is 19.0 Å². The summed E-state index contributed by atoms with van der Waals surface area (Å²) in [7, 11) is 3.93. The predicted octanol–water partition coefficient (Wildman–Crippen LogP) is 0.111. The van der Waals surface area contributed by atoms with E-state index in [-0.39, 0.29) is 11.9 Å². The molecule has 1 aliphatic heterocycles. The normalized spacial score (nSPS) is 25.5. The molecule has 0 spiro atoms. The molecule has 1 aliphatic rings. The number of hydrogen-bond donors (Lipinski definition) is 0. The molecule has 3 heteroatoms. The van der Waals surface area contributed by atoms with Crippen LogP contribution < -0.4 is 0 Å². The van der Waals surface area contributed by atoms with Gasteiger partial charge >= 0.3 is 5.97 Å². The van der Waals surface area contributed by atoms with E-state index in [0.717, 1.165) is 13.0 Å². The van der Waals surface area contributed by atoms with Gasteiger partial charge in [0.2, 0.25) is 0 Å². The van der Waals surface area contributed by atoms with E-state index in [1.54, 1.807) is 0 Å². The van der Waals surface area contributed by atoms with Crippen LogP contribution in [-0.2, 0) is 9.53 Å². The summed E-state index contributed by atoms with van der Waals surface area (Å²) < 4.78 is 4.80. The molecule has 0 N–H and O–H groups in total. The molecule has 1 heterocycles. The fourth-order valence-electron chi connectivity index (χ4n) is 1.14. The van der Waals surface area contributed by atoms with Gasteiger partial charge in [0, 0.05) is 6.54 Å². The number of hydrogen-bond acceptors (Lipinski definition) is 3. The first-order valence-electron chi connectivity index (χ1n) is 3.51. The molecule has 0 radical (unpaired) electrons. The highest BCUT2D eigenvalue weighted by atomic mass is 16.5. The van der Waals surface area contributed by atoms with Gasteiger partial charge in [-0.05, 0) is 20.5 Å². The molecule has 1 saturated heterocycles. The van der Waals surface area contributed by atoms with Gasteiger partial charge in [-0.15, -0.1) is 0 Å². The van der Waals surface area contributed by atoms with Crippen LogP contribution in [0.2, 0.25) is 0 Å². The first-order valence-corrected chi connectivity index (χ1v) is 3.51. The Labute approximate surface area is 61.0 Å². The second kappa shape index (κ2) is 3.01. The van der Waals surface area contributed by atoms with Gasteiger partial charge < -0.3 is 9.64 Å². The third-order valence-electron chi connectivity index (χ3n) is 1.63. The third-order valence-corrected chi connectivity index (χ3v) is 1.63. The maximum Gasteiger partial charge on any atom is 0.310 e. The topological polar surface area (TPSA) is 29.5 Å². The van der Waals surface area contributed by atoms with Crippen molar-refractivity contribution in [3.63, 3.8) is 0 Å². The van der Waals surface area contributed by atoms with Gasteiger partial charge in [0.15, 0.2) is 0 Å². The average Bonchev–Trinajstić information content (AvgIpc) is 2.15.